The standard InChI is InChI=1S/C13H17Cl2NO2S/c1-13(2)6-5-10(12(13)16)19(17,18)11-7-8(14)3-4-9(11)15/h3-4,7,10,12H,5-6,16H2,1-2H3. The molecule has 3 nitrogen and oxygen atoms in total. The Morgan fingerprint density at radius 3 is 2.47 bits per heavy atom. The first-order chi connectivity index (χ1) is 8.66. The van der Waals surface area contributed by atoms with Crippen LogP contribution in [0.1, 0.15) is 26.7 Å². The average Bonchev–Trinajstić information content (AvgIpc) is 2.58. The van der Waals surface area contributed by atoms with E-state index >= 15 is 0 Å². The molecule has 1 aliphatic rings. The van der Waals surface area contributed by atoms with Gasteiger partial charge < -0.3 is 5.73 Å². The van der Waals surface area contributed by atoms with Gasteiger partial charge in [0.05, 0.1) is 15.2 Å². The predicted molar refractivity (Wildman–Crippen MR) is 78.4 cm³/mol. The van der Waals surface area contributed by atoms with Gasteiger partial charge in [-0.25, -0.2) is 8.42 Å². The number of hydrogen-bond acceptors (Lipinski definition) is 3. The fourth-order valence-electron chi connectivity index (χ4n) is 2.57. The van der Waals surface area contributed by atoms with E-state index in [-0.39, 0.29) is 15.3 Å². The topological polar surface area (TPSA) is 60.2 Å². The lowest BCUT2D eigenvalue weighted by Crippen LogP contribution is -2.43. The Morgan fingerprint density at radius 1 is 1.32 bits per heavy atom. The van der Waals surface area contributed by atoms with Gasteiger partial charge in [-0.1, -0.05) is 37.0 Å². The SMILES string of the molecule is CC1(C)CCC(S(=O)(=O)c2cc(Cl)ccc2Cl)C1N. The fourth-order valence-corrected chi connectivity index (χ4v) is 5.39. The molecule has 0 amide bonds. The molecule has 0 aromatic heterocycles. The van der Waals surface area contributed by atoms with Gasteiger partial charge in [-0.2, -0.15) is 0 Å². The molecule has 0 saturated heterocycles. The summed E-state index contributed by atoms with van der Waals surface area (Å²) in [5, 5.41) is -0.0476. The maximum atomic E-state index is 12.7. The largest absolute Gasteiger partial charge is 0.326 e. The number of rotatable bonds is 2. The molecule has 0 bridgehead atoms. The van der Waals surface area contributed by atoms with E-state index in [9.17, 15) is 8.42 Å². The third-order valence-electron chi connectivity index (χ3n) is 3.97. The third-order valence-corrected chi connectivity index (χ3v) is 6.93. The highest BCUT2D eigenvalue weighted by Crippen LogP contribution is 2.42. The lowest BCUT2D eigenvalue weighted by Gasteiger charge is -2.26. The van der Waals surface area contributed by atoms with Gasteiger partial charge in [0.2, 0.25) is 0 Å². The number of sulfone groups is 1. The van der Waals surface area contributed by atoms with Crippen LogP contribution in [0.3, 0.4) is 0 Å². The van der Waals surface area contributed by atoms with Crippen molar-refractivity contribution in [3.05, 3.63) is 28.2 Å². The van der Waals surface area contributed by atoms with Gasteiger partial charge in [0.15, 0.2) is 9.84 Å². The third kappa shape index (κ3) is 2.64. The molecular weight excluding hydrogens is 305 g/mol. The molecule has 1 saturated carbocycles. The Bertz CT molecular complexity index is 599. The molecule has 2 atom stereocenters. The normalized spacial score (nSPS) is 26.6. The smallest absolute Gasteiger partial charge is 0.184 e. The van der Waals surface area contributed by atoms with Gasteiger partial charge in [-0.3, -0.25) is 0 Å². The van der Waals surface area contributed by atoms with E-state index in [0.29, 0.717) is 11.4 Å². The van der Waals surface area contributed by atoms with Crippen molar-refractivity contribution in [3.63, 3.8) is 0 Å². The average molecular weight is 322 g/mol. The summed E-state index contributed by atoms with van der Waals surface area (Å²) in [5.41, 5.74) is 5.94. The molecule has 0 heterocycles. The molecule has 106 valence electrons. The molecule has 2 rings (SSSR count). The van der Waals surface area contributed by atoms with Crippen molar-refractivity contribution in [2.45, 2.75) is 42.9 Å². The zero-order chi connectivity index (χ0) is 14.4. The van der Waals surface area contributed by atoms with E-state index in [1.54, 1.807) is 6.07 Å². The second-order valence-corrected chi connectivity index (χ2v) is 8.69. The summed E-state index contributed by atoms with van der Waals surface area (Å²) >= 11 is 11.9. The molecule has 2 unspecified atom stereocenters. The molecule has 0 spiro atoms. The molecule has 0 aliphatic heterocycles. The van der Waals surface area contributed by atoms with Gasteiger partial charge in [0.1, 0.15) is 0 Å². The van der Waals surface area contributed by atoms with Crippen molar-refractivity contribution in [2.75, 3.05) is 0 Å². The van der Waals surface area contributed by atoms with Crippen molar-refractivity contribution in [3.8, 4) is 0 Å². The van der Waals surface area contributed by atoms with Crippen LogP contribution in [0.5, 0.6) is 0 Å². The van der Waals surface area contributed by atoms with Gasteiger partial charge in [-0.05, 0) is 36.5 Å². The van der Waals surface area contributed by atoms with E-state index in [4.69, 9.17) is 28.9 Å². The predicted octanol–water partition coefficient (Wildman–Crippen LogP) is 3.28. The molecule has 2 N–H and O–H groups in total. The molecule has 1 aliphatic carbocycles. The molecule has 1 aromatic rings. The molecular formula is C13H17Cl2NO2S. The van der Waals surface area contributed by atoms with Crippen LogP contribution >= 0.6 is 23.2 Å². The number of nitrogens with two attached hydrogens (primary N) is 1. The Labute approximate surface area is 124 Å². The highest BCUT2D eigenvalue weighted by molar-refractivity contribution is 7.92. The molecule has 1 aromatic carbocycles. The Balaban J connectivity index is 2.47. The van der Waals surface area contributed by atoms with Crippen LogP contribution in [0.25, 0.3) is 0 Å². The van der Waals surface area contributed by atoms with E-state index in [2.05, 4.69) is 0 Å². The van der Waals surface area contributed by atoms with Gasteiger partial charge in [-0.15, -0.1) is 0 Å². The zero-order valence-corrected chi connectivity index (χ0v) is 13.2. The number of halogens is 2. The molecule has 1 fully saturated rings. The Hall–Kier alpha value is -0.290. The first-order valence-electron chi connectivity index (χ1n) is 6.11. The van der Waals surface area contributed by atoms with Crippen LogP contribution in [0.15, 0.2) is 23.1 Å². The number of benzene rings is 1. The highest BCUT2D eigenvalue weighted by atomic mass is 35.5. The molecule has 0 radical (unpaired) electrons. The van der Waals surface area contributed by atoms with Crippen molar-refractivity contribution >= 4 is 33.0 Å². The summed E-state index contributed by atoms with van der Waals surface area (Å²) in [6.07, 6.45) is 1.34. The van der Waals surface area contributed by atoms with E-state index < -0.39 is 21.1 Å². The lowest BCUT2D eigenvalue weighted by atomic mass is 9.88. The van der Waals surface area contributed by atoms with Crippen molar-refractivity contribution in [1.82, 2.24) is 0 Å². The fraction of sp³-hybridized carbons (Fsp3) is 0.538. The second kappa shape index (κ2) is 4.92. The quantitative estimate of drug-likeness (QED) is 0.909. The summed E-state index contributed by atoms with van der Waals surface area (Å²) in [5.74, 6) is 0. The highest BCUT2D eigenvalue weighted by Gasteiger charge is 2.46. The summed E-state index contributed by atoms with van der Waals surface area (Å²) in [6, 6.07) is 4.08. The minimum Gasteiger partial charge on any atom is -0.326 e. The maximum absolute atomic E-state index is 12.7. The van der Waals surface area contributed by atoms with Crippen LogP contribution in [0.4, 0.5) is 0 Å². The van der Waals surface area contributed by atoms with Gasteiger partial charge in [0.25, 0.3) is 0 Å². The zero-order valence-electron chi connectivity index (χ0n) is 10.9. The minimum absolute atomic E-state index is 0.0832. The van der Waals surface area contributed by atoms with Crippen LogP contribution in [0.2, 0.25) is 10.0 Å². The summed E-state index contributed by atoms with van der Waals surface area (Å²) in [7, 11) is -3.55. The van der Waals surface area contributed by atoms with Gasteiger partial charge >= 0.3 is 0 Å². The monoisotopic (exact) mass is 321 g/mol. The van der Waals surface area contributed by atoms with Crippen molar-refractivity contribution in [1.29, 1.82) is 0 Å². The van der Waals surface area contributed by atoms with Crippen LogP contribution in [-0.4, -0.2) is 19.7 Å². The second-order valence-electron chi connectivity index (χ2n) is 5.71. The van der Waals surface area contributed by atoms with Crippen LogP contribution < -0.4 is 5.73 Å². The summed E-state index contributed by atoms with van der Waals surface area (Å²) < 4.78 is 25.4. The maximum Gasteiger partial charge on any atom is 0.184 e. The van der Waals surface area contributed by atoms with E-state index in [1.165, 1.54) is 12.1 Å². The molecule has 19 heavy (non-hydrogen) atoms. The first-order valence-corrected chi connectivity index (χ1v) is 8.41. The number of hydrogen-bond donors (Lipinski definition) is 1. The van der Waals surface area contributed by atoms with E-state index in [0.717, 1.165) is 6.42 Å². The van der Waals surface area contributed by atoms with Gasteiger partial charge in [0, 0.05) is 11.1 Å². The molecule has 6 heteroatoms. The summed E-state index contributed by atoms with van der Waals surface area (Å²) in [6.45, 7) is 3.99. The lowest BCUT2D eigenvalue weighted by molar-refractivity contribution is 0.332. The Morgan fingerprint density at radius 2 is 1.95 bits per heavy atom. The van der Waals surface area contributed by atoms with E-state index in [1.807, 2.05) is 13.8 Å². The van der Waals surface area contributed by atoms with Crippen LogP contribution in [-0.2, 0) is 9.84 Å². The van der Waals surface area contributed by atoms with Crippen molar-refractivity contribution < 1.29 is 8.42 Å². The van der Waals surface area contributed by atoms with Crippen molar-refractivity contribution in [2.24, 2.45) is 11.1 Å². The Kier molecular flexibility index (Phi) is 3.91. The first kappa shape index (κ1) is 15.1. The van der Waals surface area contributed by atoms with Crippen LogP contribution in [0, 0.1) is 5.41 Å². The summed E-state index contributed by atoms with van der Waals surface area (Å²) in [4.78, 5) is 0.0832. The minimum atomic E-state index is -3.55.